The molecule has 0 bridgehead atoms. The smallest absolute Gasteiger partial charge is 0.213 e. The van der Waals surface area contributed by atoms with Gasteiger partial charge in [-0.2, -0.15) is 0 Å². The summed E-state index contributed by atoms with van der Waals surface area (Å²) < 4.78 is 16.4. The molecule has 3 heteroatoms. The van der Waals surface area contributed by atoms with E-state index in [2.05, 4.69) is 4.98 Å². The highest BCUT2D eigenvalue weighted by Gasteiger charge is 1.89. The Labute approximate surface area is 58.7 Å². The van der Waals surface area contributed by atoms with Crippen LogP contribution in [0.1, 0.15) is 0 Å². The third kappa shape index (κ3) is 2.01. The van der Waals surface area contributed by atoms with Crippen LogP contribution in [0.3, 0.4) is 0 Å². The largest absolute Gasteiger partial charge is 0.475 e. The van der Waals surface area contributed by atoms with Crippen molar-refractivity contribution in [3.8, 4) is 5.88 Å². The first-order valence-corrected chi connectivity index (χ1v) is 3.03. The number of halogens is 1. The highest BCUT2D eigenvalue weighted by molar-refractivity contribution is 5.08. The second-order valence-electron chi connectivity index (χ2n) is 1.71. The van der Waals surface area contributed by atoms with Crippen molar-refractivity contribution in [3.63, 3.8) is 0 Å². The molecule has 0 aliphatic carbocycles. The van der Waals surface area contributed by atoms with E-state index in [0.717, 1.165) is 0 Å². The maximum atomic E-state index is 11.5. The molecule has 0 radical (unpaired) electrons. The molecule has 2 nitrogen and oxygen atoms in total. The Balaban J connectivity index is 2.43. The summed E-state index contributed by atoms with van der Waals surface area (Å²) in [6.45, 7) is -0.395. The molecular weight excluding hydrogens is 133 g/mol. The lowest BCUT2D eigenvalue weighted by Gasteiger charge is -1.99. The first-order chi connectivity index (χ1) is 4.93. The summed E-state index contributed by atoms with van der Waals surface area (Å²) in [5, 5.41) is 0. The summed E-state index contributed by atoms with van der Waals surface area (Å²) in [6, 6.07) is 5.26. The Hall–Kier alpha value is -1.12. The third-order valence-corrected chi connectivity index (χ3v) is 0.965. The average molecular weight is 141 g/mol. The van der Waals surface area contributed by atoms with Crippen LogP contribution in [0.2, 0.25) is 0 Å². The molecule has 1 rings (SSSR count). The Morgan fingerprint density at radius 1 is 1.50 bits per heavy atom. The summed E-state index contributed by atoms with van der Waals surface area (Å²) >= 11 is 0. The van der Waals surface area contributed by atoms with Crippen molar-refractivity contribution in [3.05, 3.63) is 24.4 Å². The maximum Gasteiger partial charge on any atom is 0.213 e. The summed E-state index contributed by atoms with van der Waals surface area (Å²) in [6.07, 6.45) is 1.60. The fourth-order valence-electron chi connectivity index (χ4n) is 0.576. The van der Waals surface area contributed by atoms with E-state index in [0.29, 0.717) is 5.88 Å². The zero-order chi connectivity index (χ0) is 7.23. The van der Waals surface area contributed by atoms with Gasteiger partial charge in [0.1, 0.15) is 13.3 Å². The van der Waals surface area contributed by atoms with Gasteiger partial charge in [0.05, 0.1) is 0 Å². The van der Waals surface area contributed by atoms with Gasteiger partial charge in [-0.05, 0) is 6.07 Å². The van der Waals surface area contributed by atoms with Gasteiger partial charge in [0.15, 0.2) is 0 Å². The number of alkyl halides is 1. The van der Waals surface area contributed by atoms with Crippen LogP contribution in [0, 0.1) is 0 Å². The van der Waals surface area contributed by atoms with Crippen molar-refractivity contribution in [2.45, 2.75) is 0 Å². The van der Waals surface area contributed by atoms with Crippen LogP contribution >= 0.6 is 0 Å². The lowest BCUT2D eigenvalue weighted by molar-refractivity contribution is 0.264. The lowest BCUT2D eigenvalue weighted by atomic mass is 10.5. The van der Waals surface area contributed by atoms with Gasteiger partial charge in [0.25, 0.3) is 0 Å². The molecule has 0 spiro atoms. The van der Waals surface area contributed by atoms with Gasteiger partial charge in [-0.3, -0.25) is 0 Å². The van der Waals surface area contributed by atoms with E-state index >= 15 is 0 Å². The van der Waals surface area contributed by atoms with Gasteiger partial charge < -0.3 is 4.74 Å². The molecule has 54 valence electrons. The predicted octanol–water partition coefficient (Wildman–Crippen LogP) is 1.43. The van der Waals surface area contributed by atoms with Crippen LogP contribution in [-0.2, 0) is 0 Å². The summed E-state index contributed by atoms with van der Waals surface area (Å²) in [5.41, 5.74) is 0. The minimum atomic E-state index is -0.476. The standard InChI is InChI=1S/C7H8FNO/c8-4-6-10-7-3-1-2-5-9-7/h1-3,5H,4,6H2. The van der Waals surface area contributed by atoms with Crippen molar-refractivity contribution in [2.75, 3.05) is 13.3 Å². The number of aromatic nitrogens is 1. The highest BCUT2D eigenvalue weighted by atomic mass is 19.1. The van der Waals surface area contributed by atoms with E-state index in [-0.39, 0.29) is 6.61 Å². The van der Waals surface area contributed by atoms with Crippen LogP contribution < -0.4 is 4.74 Å². The predicted molar refractivity (Wildman–Crippen MR) is 35.7 cm³/mol. The first kappa shape index (κ1) is 6.99. The lowest BCUT2D eigenvalue weighted by Crippen LogP contribution is -1.99. The molecule has 0 N–H and O–H groups in total. The Morgan fingerprint density at radius 3 is 3.00 bits per heavy atom. The topological polar surface area (TPSA) is 22.1 Å². The number of rotatable bonds is 3. The Kier molecular flexibility index (Phi) is 2.67. The molecule has 0 fully saturated rings. The average Bonchev–Trinajstić information content (AvgIpc) is 2.03. The van der Waals surface area contributed by atoms with E-state index in [1.165, 1.54) is 0 Å². The summed E-state index contributed by atoms with van der Waals surface area (Å²) in [7, 11) is 0. The van der Waals surface area contributed by atoms with Gasteiger partial charge in [0, 0.05) is 12.3 Å². The molecule has 0 aromatic carbocycles. The van der Waals surface area contributed by atoms with E-state index < -0.39 is 6.67 Å². The van der Waals surface area contributed by atoms with Crippen LogP contribution in [0.5, 0.6) is 5.88 Å². The van der Waals surface area contributed by atoms with Crippen molar-refractivity contribution in [1.29, 1.82) is 0 Å². The van der Waals surface area contributed by atoms with Crippen molar-refractivity contribution in [2.24, 2.45) is 0 Å². The molecule has 1 heterocycles. The van der Waals surface area contributed by atoms with Crippen LogP contribution in [0.15, 0.2) is 24.4 Å². The normalized spacial score (nSPS) is 9.30. The number of ether oxygens (including phenoxy) is 1. The zero-order valence-corrected chi connectivity index (χ0v) is 5.46. The molecule has 0 saturated carbocycles. The van der Waals surface area contributed by atoms with Crippen LogP contribution in [-0.4, -0.2) is 18.3 Å². The fraction of sp³-hybridized carbons (Fsp3) is 0.286. The quantitative estimate of drug-likeness (QED) is 0.635. The van der Waals surface area contributed by atoms with Crippen molar-refractivity contribution >= 4 is 0 Å². The second kappa shape index (κ2) is 3.82. The Morgan fingerprint density at radius 2 is 2.40 bits per heavy atom. The van der Waals surface area contributed by atoms with Crippen LogP contribution in [0.4, 0.5) is 4.39 Å². The second-order valence-corrected chi connectivity index (χ2v) is 1.71. The summed E-state index contributed by atoms with van der Waals surface area (Å²) in [4.78, 5) is 3.83. The molecule has 1 aromatic heterocycles. The van der Waals surface area contributed by atoms with E-state index in [9.17, 15) is 4.39 Å². The molecule has 0 atom stereocenters. The van der Waals surface area contributed by atoms with Gasteiger partial charge >= 0.3 is 0 Å². The molecule has 0 aliphatic heterocycles. The van der Waals surface area contributed by atoms with E-state index in [1.54, 1.807) is 24.4 Å². The minimum Gasteiger partial charge on any atom is -0.475 e. The van der Waals surface area contributed by atoms with Crippen LogP contribution in [0.25, 0.3) is 0 Å². The molecule has 0 saturated heterocycles. The maximum absolute atomic E-state index is 11.5. The van der Waals surface area contributed by atoms with Gasteiger partial charge in [-0.1, -0.05) is 6.07 Å². The zero-order valence-electron chi connectivity index (χ0n) is 5.46. The molecule has 0 aliphatic rings. The van der Waals surface area contributed by atoms with E-state index in [4.69, 9.17) is 4.74 Å². The van der Waals surface area contributed by atoms with Gasteiger partial charge in [0.2, 0.25) is 5.88 Å². The molecule has 0 unspecified atom stereocenters. The van der Waals surface area contributed by atoms with Crippen molar-refractivity contribution < 1.29 is 9.13 Å². The molecular formula is C7H8FNO. The van der Waals surface area contributed by atoms with E-state index in [1.807, 2.05) is 0 Å². The van der Waals surface area contributed by atoms with Gasteiger partial charge in [-0.15, -0.1) is 0 Å². The third-order valence-electron chi connectivity index (χ3n) is 0.965. The van der Waals surface area contributed by atoms with Crippen molar-refractivity contribution in [1.82, 2.24) is 4.98 Å². The van der Waals surface area contributed by atoms with Gasteiger partial charge in [-0.25, -0.2) is 9.37 Å². The SMILES string of the molecule is FCCOc1ccccn1. The molecule has 0 amide bonds. The molecule has 1 aromatic rings. The first-order valence-electron chi connectivity index (χ1n) is 3.03. The monoisotopic (exact) mass is 141 g/mol. The highest BCUT2D eigenvalue weighted by Crippen LogP contribution is 2.01. The Bertz CT molecular complexity index is 178. The minimum absolute atomic E-state index is 0.0804. The fourth-order valence-corrected chi connectivity index (χ4v) is 0.576. The number of nitrogens with zero attached hydrogens (tertiary/aromatic N) is 1. The number of hydrogen-bond acceptors (Lipinski definition) is 2. The number of hydrogen-bond donors (Lipinski definition) is 0. The number of pyridine rings is 1. The summed E-state index contributed by atoms with van der Waals surface area (Å²) in [5.74, 6) is 0.472. The molecule has 10 heavy (non-hydrogen) atoms.